The van der Waals surface area contributed by atoms with Gasteiger partial charge in [-0.1, -0.05) is 18.2 Å². The lowest BCUT2D eigenvalue weighted by molar-refractivity contribution is -0.136. The molecule has 1 amide bonds. The summed E-state index contributed by atoms with van der Waals surface area (Å²) in [4.78, 5) is 23.5. The van der Waals surface area contributed by atoms with Crippen LogP contribution in [0.1, 0.15) is 15.9 Å². The SMILES string of the molecule is O=C(O)Cc1ccccc1Oc1c(I)cc(I)c(C(=O)NCCO)c1I. The molecule has 3 N–H and O–H groups in total. The van der Waals surface area contributed by atoms with Crippen molar-refractivity contribution in [3.8, 4) is 11.5 Å². The summed E-state index contributed by atoms with van der Waals surface area (Å²) in [7, 11) is 0. The molecule has 9 heteroatoms. The maximum atomic E-state index is 12.4. The van der Waals surface area contributed by atoms with Gasteiger partial charge in [0.2, 0.25) is 0 Å². The molecule has 0 bridgehead atoms. The van der Waals surface area contributed by atoms with Gasteiger partial charge in [0, 0.05) is 15.7 Å². The Labute approximate surface area is 191 Å². The lowest BCUT2D eigenvalue weighted by Gasteiger charge is -2.16. The van der Waals surface area contributed by atoms with E-state index in [2.05, 4.69) is 50.5 Å². The normalized spacial score (nSPS) is 10.5. The Bertz CT molecular complexity index is 841. The number of nitrogens with one attached hydrogen (secondary N) is 1. The molecule has 2 aromatic carbocycles. The lowest BCUT2D eigenvalue weighted by Crippen LogP contribution is -2.28. The topological polar surface area (TPSA) is 95.9 Å². The minimum Gasteiger partial charge on any atom is -0.481 e. The van der Waals surface area contributed by atoms with Crippen LogP contribution in [0.25, 0.3) is 0 Å². The second-order valence-corrected chi connectivity index (χ2v) is 8.52. The van der Waals surface area contributed by atoms with Gasteiger partial charge in [0.25, 0.3) is 5.91 Å². The molecule has 0 aromatic heterocycles. The first-order valence-electron chi connectivity index (χ1n) is 7.39. The Kier molecular flexibility index (Phi) is 8.35. The summed E-state index contributed by atoms with van der Waals surface area (Å²) >= 11 is 6.25. The average Bonchev–Trinajstić information content (AvgIpc) is 2.57. The highest BCUT2D eigenvalue weighted by atomic mass is 127. The van der Waals surface area contributed by atoms with Gasteiger partial charge in [0.15, 0.2) is 5.75 Å². The van der Waals surface area contributed by atoms with Gasteiger partial charge in [-0.15, -0.1) is 0 Å². The molecule has 26 heavy (non-hydrogen) atoms. The molecule has 0 heterocycles. The quantitative estimate of drug-likeness (QED) is 0.386. The van der Waals surface area contributed by atoms with E-state index < -0.39 is 5.97 Å². The van der Waals surface area contributed by atoms with E-state index in [4.69, 9.17) is 14.9 Å². The van der Waals surface area contributed by atoms with Crippen LogP contribution in [0.15, 0.2) is 30.3 Å². The standard InChI is InChI=1S/C17H14I3NO5/c18-10-8-11(19)16(15(20)14(10)17(25)21-5-6-22)26-12-4-2-1-3-9(12)7-13(23)24/h1-4,8,22H,5-7H2,(H,21,25)(H,23,24). The van der Waals surface area contributed by atoms with Crippen molar-refractivity contribution in [2.24, 2.45) is 0 Å². The van der Waals surface area contributed by atoms with E-state index in [1.54, 1.807) is 24.3 Å². The number of aliphatic hydroxyl groups excluding tert-OH is 1. The fourth-order valence-corrected chi connectivity index (χ4v) is 6.24. The zero-order valence-electron chi connectivity index (χ0n) is 13.3. The van der Waals surface area contributed by atoms with E-state index in [0.717, 1.165) is 7.14 Å². The number of amides is 1. The second-order valence-electron chi connectivity index (χ2n) is 5.12. The van der Waals surface area contributed by atoms with E-state index in [0.29, 0.717) is 26.2 Å². The van der Waals surface area contributed by atoms with Crippen LogP contribution in [0.2, 0.25) is 0 Å². The number of carboxylic acid groups (broad SMARTS) is 1. The van der Waals surface area contributed by atoms with Crippen molar-refractivity contribution in [1.29, 1.82) is 0 Å². The molecule has 0 fully saturated rings. The minimum atomic E-state index is -0.947. The van der Waals surface area contributed by atoms with Crippen LogP contribution in [-0.2, 0) is 11.2 Å². The molecule has 0 saturated heterocycles. The molecule has 0 radical (unpaired) electrons. The number of carboxylic acids is 1. The van der Waals surface area contributed by atoms with Crippen LogP contribution < -0.4 is 10.1 Å². The highest BCUT2D eigenvalue weighted by Gasteiger charge is 2.22. The number of aliphatic carboxylic acids is 1. The zero-order valence-corrected chi connectivity index (χ0v) is 19.7. The molecular weight excluding hydrogens is 679 g/mol. The van der Waals surface area contributed by atoms with Gasteiger partial charge in [-0.25, -0.2) is 0 Å². The highest BCUT2D eigenvalue weighted by Crippen LogP contribution is 2.37. The van der Waals surface area contributed by atoms with E-state index in [-0.39, 0.29) is 25.5 Å². The number of carbonyl (C=O) groups is 2. The molecule has 0 spiro atoms. The van der Waals surface area contributed by atoms with Crippen LogP contribution in [0.4, 0.5) is 0 Å². The van der Waals surface area contributed by atoms with Crippen molar-refractivity contribution < 1.29 is 24.5 Å². The summed E-state index contributed by atoms with van der Waals surface area (Å²) in [6.07, 6.45) is -0.155. The number of benzene rings is 2. The Morgan fingerprint density at radius 3 is 2.46 bits per heavy atom. The summed E-state index contributed by atoms with van der Waals surface area (Å²) < 4.78 is 8.20. The number of halogens is 3. The number of ether oxygens (including phenoxy) is 1. The molecule has 0 saturated carbocycles. The third-order valence-electron chi connectivity index (χ3n) is 3.28. The van der Waals surface area contributed by atoms with Crippen LogP contribution in [0.3, 0.4) is 0 Å². The van der Waals surface area contributed by atoms with E-state index in [9.17, 15) is 9.59 Å². The van der Waals surface area contributed by atoms with Crippen LogP contribution in [0, 0.1) is 10.7 Å². The van der Waals surface area contributed by atoms with E-state index >= 15 is 0 Å². The summed E-state index contributed by atoms with van der Waals surface area (Å²) in [5.41, 5.74) is 1.02. The highest BCUT2D eigenvalue weighted by molar-refractivity contribution is 14.1. The van der Waals surface area contributed by atoms with Gasteiger partial charge in [0.1, 0.15) is 5.75 Å². The predicted octanol–water partition coefficient (Wildman–Crippen LogP) is 3.64. The molecule has 2 aromatic rings. The van der Waals surface area contributed by atoms with E-state index in [1.807, 2.05) is 28.7 Å². The molecule has 138 valence electrons. The molecule has 0 aliphatic rings. The Balaban J connectivity index is 2.45. The second kappa shape index (κ2) is 10.0. The smallest absolute Gasteiger partial charge is 0.307 e. The van der Waals surface area contributed by atoms with Gasteiger partial charge >= 0.3 is 5.97 Å². The number of carbonyl (C=O) groups excluding carboxylic acids is 1. The molecule has 6 nitrogen and oxygen atoms in total. The van der Waals surface area contributed by atoms with Gasteiger partial charge in [0.05, 0.1) is 25.7 Å². The largest absolute Gasteiger partial charge is 0.481 e. The molecular formula is C17H14I3NO5. The van der Waals surface area contributed by atoms with Crippen molar-refractivity contribution in [2.45, 2.75) is 6.42 Å². The third kappa shape index (κ3) is 5.42. The first-order chi connectivity index (χ1) is 12.3. The number of aliphatic hydroxyl groups is 1. The number of rotatable bonds is 7. The number of para-hydroxylation sites is 1. The third-order valence-corrected chi connectivity index (χ3v) is 5.96. The van der Waals surface area contributed by atoms with Gasteiger partial charge < -0.3 is 20.3 Å². The summed E-state index contributed by atoms with van der Waals surface area (Å²) in [5, 5.41) is 20.6. The molecule has 0 aliphatic heterocycles. The Hall–Kier alpha value is -0.670. The fourth-order valence-electron chi connectivity index (χ4n) is 2.15. The number of hydrogen-bond acceptors (Lipinski definition) is 4. The van der Waals surface area contributed by atoms with Gasteiger partial charge in [-0.3, -0.25) is 9.59 Å². The van der Waals surface area contributed by atoms with Crippen molar-refractivity contribution in [2.75, 3.05) is 13.2 Å². The Morgan fingerprint density at radius 2 is 1.81 bits per heavy atom. The van der Waals surface area contributed by atoms with Crippen molar-refractivity contribution in [3.63, 3.8) is 0 Å². The monoisotopic (exact) mass is 693 g/mol. The van der Waals surface area contributed by atoms with Crippen LogP contribution >= 0.6 is 67.8 Å². The van der Waals surface area contributed by atoms with Crippen LogP contribution in [0.5, 0.6) is 11.5 Å². The average molecular weight is 693 g/mol. The first-order valence-corrected chi connectivity index (χ1v) is 10.6. The molecule has 0 aliphatic carbocycles. The molecule has 0 atom stereocenters. The predicted molar refractivity (Wildman–Crippen MR) is 122 cm³/mol. The summed E-state index contributed by atoms with van der Waals surface area (Å²) in [6.45, 7) is 0.0177. The first kappa shape index (κ1) is 21.6. The summed E-state index contributed by atoms with van der Waals surface area (Å²) in [5.74, 6) is -0.308. The minimum absolute atomic E-state index is 0.144. The van der Waals surface area contributed by atoms with E-state index in [1.165, 1.54) is 0 Å². The van der Waals surface area contributed by atoms with Crippen molar-refractivity contribution >= 4 is 79.6 Å². The molecule has 0 unspecified atom stereocenters. The lowest BCUT2D eigenvalue weighted by atomic mass is 10.1. The summed E-state index contributed by atoms with van der Waals surface area (Å²) in [6, 6.07) is 8.75. The Morgan fingerprint density at radius 1 is 1.12 bits per heavy atom. The van der Waals surface area contributed by atoms with Crippen molar-refractivity contribution in [1.82, 2.24) is 5.32 Å². The fraction of sp³-hybridized carbons (Fsp3) is 0.176. The maximum Gasteiger partial charge on any atom is 0.307 e. The van der Waals surface area contributed by atoms with Gasteiger partial charge in [-0.2, -0.15) is 0 Å². The molecule has 2 rings (SSSR count). The maximum absolute atomic E-state index is 12.4. The zero-order chi connectivity index (χ0) is 19.3. The van der Waals surface area contributed by atoms with Crippen LogP contribution in [-0.4, -0.2) is 35.2 Å². The number of hydrogen-bond donors (Lipinski definition) is 3. The van der Waals surface area contributed by atoms with Gasteiger partial charge in [-0.05, 0) is 79.9 Å². The van der Waals surface area contributed by atoms with Crippen molar-refractivity contribution in [3.05, 3.63) is 52.2 Å².